The van der Waals surface area contributed by atoms with E-state index in [1.165, 1.54) is 5.56 Å². The topological polar surface area (TPSA) is 82.6 Å². The zero-order valence-corrected chi connectivity index (χ0v) is 18.4. The predicted molar refractivity (Wildman–Crippen MR) is 121 cm³/mol. The summed E-state index contributed by atoms with van der Waals surface area (Å²) in [6.07, 6.45) is 3.06. The maximum absolute atomic E-state index is 12.8. The second-order valence-corrected chi connectivity index (χ2v) is 10.7. The molecule has 0 saturated carbocycles. The van der Waals surface area contributed by atoms with Gasteiger partial charge in [0.1, 0.15) is 0 Å². The second-order valence-electron chi connectivity index (χ2n) is 8.98. The smallest absolute Gasteiger partial charge is 0.261 e. The molecule has 2 aromatic carbocycles. The van der Waals surface area contributed by atoms with Crippen LogP contribution in [0.1, 0.15) is 43.7 Å². The monoisotopic (exact) mass is 426 g/mol. The van der Waals surface area contributed by atoms with Gasteiger partial charge in [0.15, 0.2) is 5.96 Å². The van der Waals surface area contributed by atoms with Crippen molar-refractivity contribution >= 4 is 21.7 Å². The molecule has 4 rings (SSSR count). The lowest BCUT2D eigenvalue weighted by molar-refractivity contribution is 0.357. The Balaban J connectivity index is 1.47. The molecule has 1 heterocycles. The summed E-state index contributed by atoms with van der Waals surface area (Å²) in [6.45, 7) is 6.94. The van der Waals surface area contributed by atoms with Crippen LogP contribution in [0, 0.1) is 5.41 Å². The summed E-state index contributed by atoms with van der Waals surface area (Å²) in [5.74, 6) is 1.22. The van der Waals surface area contributed by atoms with Crippen molar-refractivity contribution in [2.75, 3.05) is 24.4 Å². The van der Waals surface area contributed by atoms with Crippen LogP contribution in [0.3, 0.4) is 0 Å². The molecule has 2 aromatic rings. The molecule has 0 amide bonds. The van der Waals surface area contributed by atoms with Crippen molar-refractivity contribution in [2.45, 2.75) is 43.9 Å². The predicted octanol–water partition coefficient (Wildman–Crippen LogP) is 3.48. The first-order chi connectivity index (χ1) is 14.3. The summed E-state index contributed by atoms with van der Waals surface area (Å²) >= 11 is 0. The summed E-state index contributed by atoms with van der Waals surface area (Å²) in [7, 11) is -3.60. The zero-order chi connectivity index (χ0) is 21.2. The molecule has 0 radical (unpaired) electrons. The Bertz CT molecular complexity index is 1030. The molecule has 0 fully saturated rings. The number of fused-ring (bicyclic) bond motifs is 1. The minimum absolute atomic E-state index is 0.193. The van der Waals surface area contributed by atoms with E-state index >= 15 is 0 Å². The molecule has 1 atom stereocenters. The molecule has 1 unspecified atom stereocenters. The Hall–Kier alpha value is -2.54. The largest absolute Gasteiger partial charge is 0.356 e. The maximum atomic E-state index is 12.8. The molecule has 0 aromatic heterocycles. The van der Waals surface area contributed by atoms with Crippen LogP contribution >= 0.6 is 0 Å². The zero-order valence-electron chi connectivity index (χ0n) is 17.6. The number of hydrogen-bond donors (Lipinski definition) is 3. The molecule has 1 aliphatic heterocycles. The van der Waals surface area contributed by atoms with Crippen LogP contribution in [0.2, 0.25) is 0 Å². The fraction of sp³-hybridized carbons (Fsp3) is 0.435. The Morgan fingerprint density at radius 1 is 1.17 bits per heavy atom. The number of rotatable bonds is 5. The fourth-order valence-electron chi connectivity index (χ4n) is 4.06. The van der Waals surface area contributed by atoms with Gasteiger partial charge in [-0.15, -0.1) is 0 Å². The summed E-state index contributed by atoms with van der Waals surface area (Å²) in [4.78, 5) is 4.93. The van der Waals surface area contributed by atoms with Gasteiger partial charge in [0.25, 0.3) is 10.0 Å². The van der Waals surface area contributed by atoms with Crippen LogP contribution in [0.5, 0.6) is 0 Å². The molecular formula is C23H30N4O2S. The van der Waals surface area contributed by atoms with Gasteiger partial charge in [-0.3, -0.25) is 9.71 Å². The number of para-hydroxylation sites is 1. The molecule has 3 N–H and O–H groups in total. The Morgan fingerprint density at radius 3 is 2.70 bits per heavy atom. The van der Waals surface area contributed by atoms with Gasteiger partial charge in [0, 0.05) is 36.7 Å². The third-order valence-electron chi connectivity index (χ3n) is 5.80. The van der Waals surface area contributed by atoms with Crippen molar-refractivity contribution in [1.29, 1.82) is 0 Å². The van der Waals surface area contributed by atoms with Crippen molar-refractivity contribution in [1.82, 2.24) is 10.6 Å². The van der Waals surface area contributed by atoms with Crippen LogP contribution in [0.25, 0.3) is 0 Å². The molecule has 1 aliphatic carbocycles. The van der Waals surface area contributed by atoms with Crippen LogP contribution in [-0.4, -0.2) is 34.0 Å². The van der Waals surface area contributed by atoms with Crippen LogP contribution < -0.4 is 15.4 Å². The number of aryl methyl sites for hydroxylation is 1. The number of nitrogens with one attached hydrogen (secondary N) is 3. The molecule has 2 aliphatic rings. The maximum Gasteiger partial charge on any atom is 0.261 e. The van der Waals surface area contributed by atoms with Crippen molar-refractivity contribution in [3.05, 3.63) is 59.7 Å². The molecule has 7 heteroatoms. The number of sulfonamides is 1. The van der Waals surface area contributed by atoms with Crippen molar-refractivity contribution in [2.24, 2.45) is 10.4 Å². The molecule has 0 saturated heterocycles. The highest BCUT2D eigenvalue weighted by molar-refractivity contribution is 7.92. The lowest BCUT2D eigenvalue weighted by Gasteiger charge is -2.31. The van der Waals surface area contributed by atoms with Crippen molar-refractivity contribution in [3.63, 3.8) is 0 Å². The molecule has 30 heavy (non-hydrogen) atoms. The van der Waals surface area contributed by atoms with E-state index in [1.54, 1.807) is 18.2 Å². The third-order valence-corrected chi connectivity index (χ3v) is 7.18. The lowest BCUT2D eigenvalue weighted by atomic mass is 9.83. The van der Waals surface area contributed by atoms with Crippen LogP contribution in [0.15, 0.2) is 58.4 Å². The van der Waals surface area contributed by atoms with E-state index in [9.17, 15) is 8.42 Å². The SMILES string of the molecule is CC1(C)CN=C(NCC2CCCc3cc(S(=O)(=O)Nc4ccccc4)ccc32)NC1. The van der Waals surface area contributed by atoms with E-state index in [4.69, 9.17) is 0 Å². The van der Waals surface area contributed by atoms with Gasteiger partial charge in [-0.05, 0) is 54.7 Å². The van der Waals surface area contributed by atoms with E-state index in [0.717, 1.165) is 50.4 Å². The first-order valence-electron chi connectivity index (χ1n) is 10.6. The molecule has 0 bridgehead atoms. The molecule has 160 valence electrons. The summed E-state index contributed by atoms with van der Waals surface area (Å²) in [5, 5.41) is 6.83. The normalized spacial score (nSPS) is 20.5. The van der Waals surface area contributed by atoms with Gasteiger partial charge < -0.3 is 10.6 Å². The number of hydrogen-bond acceptors (Lipinski definition) is 5. The Kier molecular flexibility index (Phi) is 5.73. The quantitative estimate of drug-likeness (QED) is 0.684. The number of anilines is 1. The Labute approximate surface area is 179 Å². The van der Waals surface area contributed by atoms with Crippen LogP contribution in [-0.2, 0) is 16.4 Å². The first kappa shape index (κ1) is 20.7. The highest BCUT2D eigenvalue weighted by atomic mass is 32.2. The van der Waals surface area contributed by atoms with Gasteiger partial charge in [-0.2, -0.15) is 0 Å². The minimum Gasteiger partial charge on any atom is -0.356 e. The van der Waals surface area contributed by atoms with E-state index in [2.05, 4.69) is 34.2 Å². The molecule has 6 nitrogen and oxygen atoms in total. The summed E-state index contributed by atoms with van der Waals surface area (Å²) in [6, 6.07) is 14.5. The summed E-state index contributed by atoms with van der Waals surface area (Å²) in [5.41, 5.74) is 3.13. The fourth-order valence-corrected chi connectivity index (χ4v) is 5.17. The number of guanidine groups is 1. The van der Waals surface area contributed by atoms with Crippen molar-refractivity contribution < 1.29 is 8.42 Å². The minimum atomic E-state index is -3.60. The Morgan fingerprint density at radius 2 is 1.97 bits per heavy atom. The van der Waals surface area contributed by atoms with Gasteiger partial charge in [-0.25, -0.2) is 8.42 Å². The molecule has 0 spiro atoms. The average molecular weight is 427 g/mol. The standard InChI is InChI=1S/C23H30N4O2S/c1-23(2)15-25-22(26-16-23)24-14-18-8-6-7-17-13-20(11-12-21(17)18)30(28,29)27-19-9-4-3-5-10-19/h3-5,9-13,18,27H,6-8,14-16H2,1-2H3,(H2,24,25,26). The van der Waals surface area contributed by atoms with Gasteiger partial charge in [0.2, 0.25) is 0 Å². The summed E-state index contributed by atoms with van der Waals surface area (Å²) < 4.78 is 28.3. The average Bonchev–Trinajstić information content (AvgIpc) is 2.73. The lowest BCUT2D eigenvalue weighted by Crippen LogP contribution is -2.48. The van der Waals surface area contributed by atoms with E-state index in [1.807, 2.05) is 30.3 Å². The van der Waals surface area contributed by atoms with Gasteiger partial charge in [-0.1, -0.05) is 38.1 Å². The highest BCUT2D eigenvalue weighted by Crippen LogP contribution is 2.33. The van der Waals surface area contributed by atoms with E-state index in [0.29, 0.717) is 16.5 Å². The highest BCUT2D eigenvalue weighted by Gasteiger charge is 2.25. The second kappa shape index (κ2) is 8.30. The third kappa shape index (κ3) is 4.78. The number of nitrogens with zero attached hydrogens (tertiary/aromatic N) is 1. The van der Waals surface area contributed by atoms with Gasteiger partial charge in [0.05, 0.1) is 4.90 Å². The van der Waals surface area contributed by atoms with Gasteiger partial charge >= 0.3 is 0 Å². The van der Waals surface area contributed by atoms with E-state index in [-0.39, 0.29) is 5.41 Å². The number of benzene rings is 2. The van der Waals surface area contributed by atoms with Crippen LogP contribution in [0.4, 0.5) is 5.69 Å². The van der Waals surface area contributed by atoms with E-state index < -0.39 is 10.0 Å². The first-order valence-corrected chi connectivity index (χ1v) is 12.0. The van der Waals surface area contributed by atoms with Crippen molar-refractivity contribution in [3.8, 4) is 0 Å². The number of aliphatic imine (C=N–C) groups is 1. The molecular weight excluding hydrogens is 396 g/mol.